The molecule has 5 unspecified atom stereocenters. The van der Waals surface area contributed by atoms with E-state index in [1.165, 1.54) is 124 Å². The summed E-state index contributed by atoms with van der Waals surface area (Å²) >= 11 is 0. The maximum atomic E-state index is 2.61. The van der Waals surface area contributed by atoms with Crippen LogP contribution in [0.2, 0.25) is 0 Å². The molecule has 62 heavy (non-hydrogen) atoms. The number of benzene rings is 6. The van der Waals surface area contributed by atoms with E-state index in [4.69, 9.17) is 0 Å². The molecular formula is C61H65N. The number of hydrogen-bond donors (Lipinski definition) is 0. The molecule has 0 heterocycles. The van der Waals surface area contributed by atoms with Crippen molar-refractivity contribution in [1.29, 1.82) is 0 Å². The minimum Gasteiger partial charge on any atom is -0.310 e. The third kappa shape index (κ3) is 5.33. The van der Waals surface area contributed by atoms with Gasteiger partial charge in [0.15, 0.2) is 0 Å². The summed E-state index contributed by atoms with van der Waals surface area (Å²) in [7, 11) is 0. The number of rotatable bonds is 5. The third-order valence-corrected chi connectivity index (χ3v) is 18.2. The van der Waals surface area contributed by atoms with Crippen LogP contribution in [0.15, 0.2) is 127 Å². The van der Waals surface area contributed by atoms with Crippen molar-refractivity contribution in [1.82, 2.24) is 0 Å². The summed E-state index contributed by atoms with van der Waals surface area (Å²) in [4.78, 5) is 2.61. The van der Waals surface area contributed by atoms with Crippen LogP contribution in [0.25, 0.3) is 33.4 Å². The standard InChI is InChI=1S/C61H65N/c1-57(2)30-32-59(5,6)55-45(15-11-19-50(55)57)39-22-26-43(27-23-39)62(44-28-24-40(25-29-44)46-16-12-20-51-56(46)60(7,8)33-31-58(51,3)4)53-21-13-18-49-54(53)47-14-9-10-17-48(47)61(49)42-35-38-34-41(37-42)52(61)36-38/h9-29,38,41-42,52H,30-37H2,1-8H3. The molecule has 5 atom stereocenters. The normalized spacial score (nSPS) is 27.1. The first-order chi connectivity index (χ1) is 29.7. The highest BCUT2D eigenvalue weighted by molar-refractivity contribution is 5.96. The molecule has 1 spiro atoms. The molecule has 0 aliphatic heterocycles. The van der Waals surface area contributed by atoms with E-state index in [1.807, 2.05) is 0 Å². The van der Waals surface area contributed by atoms with Crippen LogP contribution in [0.4, 0.5) is 17.1 Å². The van der Waals surface area contributed by atoms with E-state index in [1.54, 1.807) is 11.1 Å². The fourth-order valence-electron chi connectivity index (χ4n) is 15.1. The van der Waals surface area contributed by atoms with Gasteiger partial charge in [0.2, 0.25) is 0 Å². The van der Waals surface area contributed by atoms with Gasteiger partial charge in [-0.25, -0.2) is 0 Å². The van der Waals surface area contributed by atoms with Crippen molar-refractivity contribution >= 4 is 17.1 Å². The molecule has 0 N–H and O–H groups in total. The molecule has 1 heteroatoms. The molecule has 6 aromatic carbocycles. The van der Waals surface area contributed by atoms with Crippen molar-refractivity contribution in [3.8, 4) is 33.4 Å². The van der Waals surface area contributed by atoms with Gasteiger partial charge in [0, 0.05) is 22.4 Å². The highest BCUT2D eigenvalue weighted by Gasteiger charge is 2.66. The Morgan fingerprint density at radius 2 is 0.903 bits per heavy atom. The number of hydrogen-bond acceptors (Lipinski definition) is 1. The predicted molar refractivity (Wildman–Crippen MR) is 261 cm³/mol. The maximum Gasteiger partial charge on any atom is 0.0543 e. The fraction of sp³-hybridized carbons (Fsp3) is 0.410. The Bertz CT molecular complexity index is 2650. The van der Waals surface area contributed by atoms with E-state index in [9.17, 15) is 0 Å². The number of fused-ring (bicyclic) bond motifs is 5. The monoisotopic (exact) mass is 812 g/mol. The van der Waals surface area contributed by atoms with Gasteiger partial charge in [-0.1, -0.05) is 152 Å². The van der Waals surface area contributed by atoms with Crippen LogP contribution in [0.5, 0.6) is 0 Å². The molecule has 6 aromatic rings. The van der Waals surface area contributed by atoms with Gasteiger partial charge in [0.1, 0.15) is 0 Å². The predicted octanol–water partition coefficient (Wildman–Crippen LogP) is 16.5. The van der Waals surface area contributed by atoms with Crippen LogP contribution in [-0.2, 0) is 27.1 Å². The average Bonchev–Trinajstić information content (AvgIpc) is 3.82. The smallest absolute Gasteiger partial charge is 0.0543 e. The van der Waals surface area contributed by atoms with Gasteiger partial charge < -0.3 is 4.90 Å². The summed E-state index contributed by atoms with van der Waals surface area (Å²) < 4.78 is 0. The van der Waals surface area contributed by atoms with Crippen molar-refractivity contribution in [2.45, 2.75) is 134 Å². The largest absolute Gasteiger partial charge is 0.310 e. The first kappa shape index (κ1) is 38.8. The molecule has 0 radical (unpaired) electrons. The quantitative estimate of drug-likeness (QED) is 0.168. The second-order valence-corrected chi connectivity index (χ2v) is 23.4. The lowest BCUT2D eigenvalue weighted by Crippen LogP contribution is -2.40. The minimum absolute atomic E-state index is 0.129. The van der Waals surface area contributed by atoms with Crippen LogP contribution in [0.1, 0.15) is 140 Å². The summed E-state index contributed by atoms with van der Waals surface area (Å²) in [5.74, 6) is 3.30. The first-order valence-corrected chi connectivity index (χ1v) is 24.2. The van der Waals surface area contributed by atoms with Gasteiger partial charge in [-0.2, -0.15) is 0 Å². The van der Waals surface area contributed by atoms with Crippen molar-refractivity contribution in [2.75, 3.05) is 4.90 Å². The fourth-order valence-corrected chi connectivity index (χ4v) is 15.1. The Balaban J connectivity index is 1.03. The zero-order chi connectivity index (χ0) is 42.6. The summed E-state index contributed by atoms with van der Waals surface area (Å²) in [6.45, 7) is 19.6. The molecule has 0 aromatic heterocycles. The van der Waals surface area contributed by atoms with Crippen LogP contribution < -0.4 is 4.90 Å². The molecule has 0 amide bonds. The lowest BCUT2D eigenvalue weighted by atomic mass is 9.59. The van der Waals surface area contributed by atoms with Crippen LogP contribution in [0.3, 0.4) is 0 Å². The molecule has 7 aliphatic carbocycles. The van der Waals surface area contributed by atoms with E-state index in [0.29, 0.717) is 0 Å². The van der Waals surface area contributed by atoms with E-state index < -0.39 is 0 Å². The molecule has 1 nitrogen and oxygen atoms in total. The lowest BCUT2D eigenvalue weighted by Gasteiger charge is -2.44. The van der Waals surface area contributed by atoms with Crippen molar-refractivity contribution in [3.05, 3.63) is 161 Å². The topological polar surface area (TPSA) is 3.24 Å². The summed E-state index contributed by atoms with van der Waals surface area (Å²) in [6.07, 6.45) is 10.5. The molecular weight excluding hydrogens is 747 g/mol. The van der Waals surface area contributed by atoms with Gasteiger partial charge in [-0.05, 0) is 188 Å². The average molecular weight is 812 g/mol. The first-order valence-electron chi connectivity index (χ1n) is 24.2. The van der Waals surface area contributed by atoms with Crippen LogP contribution >= 0.6 is 0 Å². The molecule has 4 fully saturated rings. The lowest BCUT2D eigenvalue weighted by molar-refractivity contribution is 0.191. The second kappa shape index (κ2) is 13.1. The number of nitrogens with zero attached hydrogens (tertiary/aromatic N) is 1. The van der Waals surface area contributed by atoms with E-state index in [2.05, 4.69) is 188 Å². The van der Waals surface area contributed by atoms with E-state index >= 15 is 0 Å². The van der Waals surface area contributed by atoms with Gasteiger partial charge in [0.25, 0.3) is 0 Å². The van der Waals surface area contributed by atoms with Gasteiger partial charge in [0.05, 0.1) is 5.69 Å². The minimum atomic E-state index is 0.129. The van der Waals surface area contributed by atoms with Crippen molar-refractivity contribution < 1.29 is 0 Å². The molecule has 4 bridgehead atoms. The Kier molecular flexibility index (Phi) is 8.19. The van der Waals surface area contributed by atoms with Crippen LogP contribution in [-0.4, -0.2) is 0 Å². The molecule has 4 saturated carbocycles. The summed E-state index contributed by atoms with van der Waals surface area (Å²) in [6, 6.07) is 50.4. The number of anilines is 3. The zero-order valence-electron chi connectivity index (χ0n) is 38.5. The van der Waals surface area contributed by atoms with Crippen LogP contribution in [0, 0.1) is 23.7 Å². The van der Waals surface area contributed by atoms with Crippen molar-refractivity contribution in [2.24, 2.45) is 23.7 Å². The molecule has 13 rings (SSSR count). The Labute approximate surface area is 372 Å². The Morgan fingerprint density at radius 3 is 1.47 bits per heavy atom. The Morgan fingerprint density at radius 1 is 0.419 bits per heavy atom. The van der Waals surface area contributed by atoms with E-state index in [-0.39, 0.29) is 27.1 Å². The van der Waals surface area contributed by atoms with Gasteiger partial charge in [-0.3, -0.25) is 0 Å². The maximum absolute atomic E-state index is 2.61. The third-order valence-electron chi connectivity index (χ3n) is 18.2. The molecule has 314 valence electrons. The van der Waals surface area contributed by atoms with E-state index in [0.717, 1.165) is 23.7 Å². The highest BCUT2D eigenvalue weighted by atomic mass is 15.1. The zero-order valence-corrected chi connectivity index (χ0v) is 38.5. The highest BCUT2D eigenvalue weighted by Crippen LogP contribution is 2.73. The van der Waals surface area contributed by atoms with Gasteiger partial charge in [-0.15, -0.1) is 0 Å². The molecule has 0 saturated heterocycles. The second-order valence-electron chi connectivity index (χ2n) is 23.4. The summed E-state index contributed by atoms with van der Waals surface area (Å²) in [5, 5.41) is 0. The summed E-state index contributed by atoms with van der Waals surface area (Å²) in [5.41, 5.74) is 22.2. The van der Waals surface area contributed by atoms with Crippen molar-refractivity contribution in [3.63, 3.8) is 0 Å². The SMILES string of the molecule is CC1(C)CCC(C)(C)c2c(-c3ccc(N(c4ccc(-c5cccc6c5C(C)(C)CCC6(C)C)cc4)c4cccc5c4-c4ccccc4C54C5CC6CC(C5)C4C6)cc3)cccc21. The van der Waals surface area contributed by atoms with Gasteiger partial charge >= 0.3 is 0 Å². The Hall–Kier alpha value is -4.88. The molecule has 7 aliphatic rings.